The van der Waals surface area contributed by atoms with E-state index in [1.54, 1.807) is 0 Å². The molecule has 0 saturated heterocycles. The second-order valence-electron chi connectivity index (χ2n) is 18.1. The van der Waals surface area contributed by atoms with Gasteiger partial charge in [-0.3, -0.25) is 4.57 Å². The number of fused-ring (bicyclic) bond motifs is 10. The van der Waals surface area contributed by atoms with Crippen LogP contribution in [0.2, 0.25) is 0 Å². The van der Waals surface area contributed by atoms with Crippen molar-refractivity contribution in [1.82, 2.24) is 24.1 Å². The molecule has 0 saturated carbocycles. The lowest BCUT2D eigenvalue weighted by molar-refractivity contribution is 0.590. The van der Waals surface area contributed by atoms with E-state index in [4.69, 9.17) is 19.4 Å². The number of hydrogen-bond acceptors (Lipinski definition) is 5. The van der Waals surface area contributed by atoms with Crippen LogP contribution in [0.25, 0.3) is 100.0 Å². The Balaban J connectivity index is 1.15. The molecule has 0 bridgehead atoms. The number of para-hydroxylation sites is 2. The van der Waals surface area contributed by atoms with E-state index in [2.05, 4.69) is 130 Å². The number of nitriles is 1. The summed E-state index contributed by atoms with van der Waals surface area (Å²) < 4.78 is 10.9. The summed E-state index contributed by atoms with van der Waals surface area (Å²) in [6.07, 6.45) is 0. The molecule has 7 heteroatoms. The van der Waals surface area contributed by atoms with Crippen molar-refractivity contribution in [2.24, 2.45) is 0 Å². The molecule has 0 aliphatic rings. The second-order valence-corrected chi connectivity index (χ2v) is 18.1. The topological polar surface area (TPSA) is 85.5 Å². The lowest BCUT2D eigenvalue weighted by Crippen LogP contribution is -2.10. The first-order valence-electron chi connectivity index (χ1n) is 20.8. The van der Waals surface area contributed by atoms with Crippen molar-refractivity contribution in [2.45, 2.75) is 52.4 Å². The van der Waals surface area contributed by atoms with Crippen molar-refractivity contribution >= 4 is 65.6 Å². The van der Waals surface area contributed by atoms with E-state index in [1.165, 1.54) is 11.1 Å². The van der Waals surface area contributed by atoms with Gasteiger partial charge in [0, 0.05) is 43.4 Å². The summed E-state index contributed by atoms with van der Waals surface area (Å²) in [6, 6.07) is 52.7. The zero-order valence-electron chi connectivity index (χ0n) is 34.9. The van der Waals surface area contributed by atoms with E-state index < -0.39 is 0 Å². The van der Waals surface area contributed by atoms with E-state index in [9.17, 15) is 5.26 Å². The molecule has 0 aliphatic heterocycles. The molecular weight excluding hydrogens is 749 g/mol. The van der Waals surface area contributed by atoms with Crippen LogP contribution in [-0.4, -0.2) is 24.1 Å². The van der Waals surface area contributed by atoms with Crippen LogP contribution in [0.4, 0.5) is 0 Å². The predicted molar refractivity (Wildman–Crippen MR) is 249 cm³/mol. The summed E-state index contributed by atoms with van der Waals surface area (Å²) in [4.78, 5) is 15.6. The second kappa shape index (κ2) is 13.2. The fourth-order valence-electron chi connectivity index (χ4n) is 8.92. The smallest absolute Gasteiger partial charge is 0.238 e. The van der Waals surface area contributed by atoms with Crippen LogP contribution in [0, 0.1) is 11.3 Å². The Kier molecular flexibility index (Phi) is 7.92. The summed E-state index contributed by atoms with van der Waals surface area (Å²) in [5.74, 6) is 1.53. The highest BCUT2D eigenvalue weighted by Crippen LogP contribution is 2.42. The Hall–Kier alpha value is -7.56. The molecule has 0 amide bonds. The highest BCUT2D eigenvalue weighted by Gasteiger charge is 2.25. The summed E-state index contributed by atoms with van der Waals surface area (Å²) >= 11 is 0. The first-order valence-corrected chi connectivity index (χ1v) is 20.8. The van der Waals surface area contributed by atoms with Gasteiger partial charge in [0.25, 0.3) is 0 Å². The third-order valence-corrected chi connectivity index (χ3v) is 12.1. The van der Waals surface area contributed by atoms with Gasteiger partial charge in [0.1, 0.15) is 11.7 Å². The van der Waals surface area contributed by atoms with Crippen LogP contribution in [0.3, 0.4) is 0 Å². The molecule has 294 valence electrons. The molecule has 61 heavy (non-hydrogen) atoms. The maximum atomic E-state index is 10.9. The maximum absolute atomic E-state index is 10.9. The lowest BCUT2D eigenvalue weighted by atomic mass is 9.85. The van der Waals surface area contributed by atoms with Crippen molar-refractivity contribution in [3.8, 4) is 40.5 Å². The van der Waals surface area contributed by atoms with Crippen molar-refractivity contribution in [3.63, 3.8) is 0 Å². The van der Waals surface area contributed by atoms with Crippen LogP contribution < -0.4 is 0 Å². The Morgan fingerprint density at radius 1 is 0.492 bits per heavy atom. The van der Waals surface area contributed by atoms with Crippen LogP contribution in [0.5, 0.6) is 0 Å². The summed E-state index contributed by atoms with van der Waals surface area (Å²) in [6.45, 7) is 13.5. The summed E-state index contributed by atoms with van der Waals surface area (Å²) in [5, 5.41) is 17.5. The monoisotopic (exact) mass is 790 g/mol. The van der Waals surface area contributed by atoms with Crippen LogP contribution in [-0.2, 0) is 10.8 Å². The van der Waals surface area contributed by atoms with Crippen LogP contribution >= 0.6 is 0 Å². The summed E-state index contributed by atoms with van der Waals surface area (Å²) in [5.41, 5.74) is 10.8. The van der Waals surface area contributed by atoms with Crippen LogP contribution in [0.15, 0.2) is 150 Å². The molecule has 7 nitrogen and oxygen atoms in total. The minimum Gasteiger partial charge on any atom is -0.454 e. The average molecular weight is 791 g/mol. The normalized spacial score (nSPS) is 12.4. The van der Waals surface area contributed by atoms with Gasteiger partial charge in [-0.2, -0.15) is 15.2 Å². The van der Waals surface area contributed by atoms with E-state index in [-0.39, 0.29) is 10.8 Å². The van der Waals surface area contributed by atoms with Crippen molar-refractivity contribution < 1.29 is 4.42 Å². The number of furan rings is 1. The van der Waals surface area contributed by atoms with Gasteiger partial charge in [-0.05, 0) is 82.6 Å². The molecule has 0 atom stereocenters. The predicted octanol–water partition coefficient (Wildman–Crippen LogP) is 13.8. The van der Waals surface area contributed by atoms with Crippen LogP contribution in [0.1, 0.15) is 58.2 Å². The number of hydrogen-bond donors (Lipinski definition) is 0. The molecule has 11 aromatic rings. The van der Waals surface area contributed by atoms with Gasteiger partial charge in [0.2, 0.25) is 5.95 Å². The van der Waals surface area contributed by atoms with E-state index >= 15 is 0 Å². The average Bonchev–Trinajstić information content (AvgIpc) is 3.93. The zero-order chi connectivity index (χ0) is 41.8. The SMILES string of the molecule is CC(C)(C)c1ccc2c(c1)c1cc(C(C)(C)C)ccc1n2-c1nc(-c2ccccc2)nc(-c2ccc(-n3c4ccccc4c4ccc5c6ccccc6oc5c43)c(C#N)c2)n1. The Morgan fingerprint density at radius 3 is 1.75 bits per heavy atom. The molecule has 4 heterocycles. The van der Waals surface area contributed by atoms with Gasteiger partial charge < -0.3 is 8.98 Å². The zero-order valence-corrected chi connectivity index (χ0v) is 34.9. The number of benzene rings is 7. The molecule has 0 spiro atoms. The minimum absolute atomic E-state index is 0.0348. The maximum Gasteiger partial charge on any atom is 0.238 e. The number of aromatic nitrogens is 5. The summed E-state index contributed by atoms with van der Waals surface area (Å²) in [7, 11) is 0. The Bertz CT molecular complexity index is 3550. The van der Waals surface area contributed by atoms with Gasteiger partial charge >= 0.3 is 0 Å². The molecular formula is C54H42N6O. The molecule has 7 aromatic carbocycles. The highest BCUT2D eigenvalue weighted by atomic mass is 16.3. The third-order valence-electron chi connectivity index (χ3n) is 12.1. The van der Waals surface area contributed by atoms with Crippen molar-refractivity contribution in [1.29, 1.82) is 5.26 Å². The molecule has 11 rings (SSSR count). The van der Waals surface area contributed by atoms with Gasteiger partial charge in [-0.25, -0.2) is 4.98 Å². The van der Waals surface area contributed by atoms with Crippen molar-refractivity contribution in [3.05, 3.63) is 162 Å². The largest absolute Gasteiger partial charge is 0.454 e. The lowest BCUT2D eigenvalue weighted by Gasteiger charge is -2.19. The molecule has 0 radical (unpaired) electrons. The molecule has 4 aromatic heterocycles. The molecule has 0 fully saturated rings. The standard InChI is InChI=1S/C54H42N6O/c1-53(2,3)35-21-26-45-41(29-35)42-30-36(54(4,5)6)22-27-46(42)60(45)52-57-50(32-14-8-7-9-15-32)56-51(58-52)33-20-25-43(34(28-33)31-55)59-44-18-12-10-16-37(44)39-23-24-40-38-17-11-13-19-47(38)61-49(40)48(39)59/h7-30H,1-6H3. The first-order chi connectivity index (χ1) is 29.5. The van der Waals surface area contributed by atoms with Gasteiger partial charge in [0.15, 0.2) is 17.2 Å². The number of nitrogens with zero attached hydrogens (tertiary/aromatic N) is 6. The molecule has 0 N–H and O–H groups in total. The first kappa shape index (κ1) is 36.5. The van der Waals surface area contributed by atoms with E-state index in [1.807, 2.05) is 72.8 Å². The number of rotatable bonds is 4. The van der Waals surface area contributed by atoms with Crippen molar-refractivity contribution in [2.75, 3.05) is 0 Å². The fourth-order valence-corrected chi connectivity index (χ4v) is 8.92. The van der Waals surface area contributed by atoms with Gasteiger partial charge in [0.05, 0.1) is 33.3 Å². The Morgan fingerprint density at radius 2 is 1.08 bits per heavy atom. The van der Waals surface area contributed by atoms with E-state index in [0.29, 0.717) is 28.7 Å². The fraction of sp³-hybridized carbons (Fsp3) is 0.148. The third kappa shape index (κ3) is 5.74. The highest BCUT2D eigenvalue weighted by molar-refractivity contribution is 6.21. The molecule has 0 unspecified atom stereocenters. The Labute approximate surface area is 353 Å². The van der Waals surface area contributed by atoms with Gasteiger partial charge in [-0.1, -0.05) is 126 Å². The minimum atomic E-state index is -0.0348. The van der Waals surface area contributed by atoms with Gasteiger partial charge in [-0.15, -0.1) is 0 Å². The van der Waals surface area contributed by atoms with E-state index in [0.717, 1.165) is 76.8 Å². The molecule has 0 aliphatic carbocycles. The quantitative estimate of drug-likeness (QED) is 0.177.